The average Bonchev–Trinajstić information content (AvgIpc) is 2.70. The van der Waals surface area contributed by atoms with Gasteiger partial charge in [-0.2, -0.15) is 0 Å². The van der Waals surface area contributed by atoms with Gasteiger partial charge in [-0.3, -0.25) is 14.6 Å². The van der Waals surface area contributed by atoms with E-state index in [0.29, 0.717) is 19.4 Å². The quantitative estimate of drug-likeness (QED) is 0.840. The van der Waals surface area contributed by atoms with Gasteiger partial charge in [-0.05, 0) is 60.1 Å². The van der Waals surface area contributed by atoms with Crippen molar-refractivity contribution in [1.82, 2.24) is 15.1 Å². The van der Waals surface area contributed by atoms with Crippen LogP contribution in [0.3, 0.4) is 0 Å². The lowest BCUT2D eigenvalue weighted by Crippen LogP contribution is -2.68. The van der Waals surface area contributed by atoms with Crippen LogP contribution in [0.2, 0.25) is 0 Å². The highest BCUT2D eigenvalue weighted by atomic mass is 16.2. The van der Waals surface area contributed by atoms with Crippen molar-refractivity contribution < 1.29 is 9.59 Å². The van der Waals surface area contributed by atoms with Crippen molar-refractivity contribution in [2.24, 2.45) is 0 Å². The summed E-state index contributed by atoms with van der Waals surface area (Å²) in [5.41, 5.74) is 0.977. The molecule has 1 aromatic carbocycles. The van der Waals surface area contributed by atoms with Gasteiger partial charge in [0.15, 0.2) is 0 Å². The zero-order valence-corrected chi connectivity index (χ0v) is 16.1. The van der Waals surface area contributed by atoms with Gasteiger partial charge in [0, 0.05) is 11.1 Å². The molecule has 5 heteroatoms. The zero-order chi connectivity index (χ0) is 18.6. The highest BCUT2D eigenvalue weighted by molar-refractivity contribution is 6.07. The van der Waals surface area contributed by atoms with Gasteiger partial charge in [0.2, 0.25) is 0 Å². The Kier molecular flexibility index (Phi) is 3.99. The number of urea groups is 1. The number of likely N-dealkylation sites (tertiary alicyclic amines) is 1. The second kappa shape index (κ2) is 5.56. The van der Waals surface area contributed by atoms with E-state index in [1.54, 1.807) is 0 Å². The van der Waals surface area contributed by atoms with Gasteiger partial charge in [-0.1, -0.05) is 29.8 Å². The SMILES string of the molecule is Cc1ccc(CN2C(=O)NC3(CC(C)(C)N(C)C(C)(C)C3)C2=O)cc1. The summed E-state index contributed by atoms with van der Waals surface area (Å²) in [6.45, 7) is 10.9. The van der Waals surface area contributed by atoms with E-state index in [-0.39, 0.29) is 23.0 Å². The Bertz CT molecular complexity index is 688. The lowest BCUT2D eigenvalue weighted by molar-refractivity contribution is -0.139. The fourth-order valence-electron chi connectivity index (χ4n) is 4.53. The van der Waals surface area contributed by atoms with Crippen LogP contribution in [0.15, 0.2) is 24.3 Å². The molecule has 0 aliphatic carbocycles. The molecular weight excluding hydrogens is 314 g/mol. The van der Waals surface area contributed by atoms with E-state index in [2.05, 4.69) is 45.0 Å². The number of hydrogen-bond donors (Lipinski definition) is 1. The number of nitrogens with zero attached hydrogens (tertiary/aromatic N) is 2. The smallest absolute Gasteiger partial charge is 0.323 e. The highest BCUT2D eigenvalue weighted by Crippen LogP contribution is 2.45. The zero-order valence-electron chi connectivity index (χ0n) is 16.1. The van der Waals surface area contributed by atoms with Crippen LogP contribution < -0.4 is 5.32 Å². The van der Waals surface area contributed by atoms with E-state index in [4.69, 9.17) is 0 Å². The molecule has 0 atom stereocenters. The lowest BCUT2D eigenvalue weighted by atomic mass is 9.69. The van der Waals surface area contributed by atoms with E-state index in [0.717, 1.165) is 11.1 Å². The number of rotatable bonds is 2. The Morgan fingerprint density at radius 3 is 2.04 bits per heavy atom. The molecule has 3 rings (SSSR count). The van der Waals surface area contributed by atoms with E-state index in [1.807, 2.05) is 31.2 Å². The number of imide groups is 1. The van der Waals surface area contributed by atoms with Crippen LogP contribution in [0.25, 0.3) is 0 Å². The first-order valence-electron chi connectivity index (χ1n) is 8.91. The predicted molar refractivity (Wildman–Crippen MR) is 98.1 cm³/mol. The Balaban J connectivity index is 1.89. The van der Waals surface area contributed by atoms with Gasteiger partial charge in [-0.15, -0.1) is 0 Å². The number of hydrogen-bond acceptors (Lipinski definition) is 3. The fourth-order valence-corrected chi connectivity index (χ4v) is 4.53. The van der Waals surface area contributed by atoms with E-state index in [1.165, 1.54) is 4.90 Å². The van der Waals surface area contributed by atoms with Crippen LogP contribution in [0.1, 0.15) is 51.7 Å². The largest absolute Gasteiger partial charge is 0.325 e. The highest BCUT2D eigenvalue weighted by Gasteiger charge is 2.60. The first-order chi connectivity index (χ1) is 11.5. The lowest BCUT2D eigenvalue weighted by Gasteiger charge is -2.56. The van der Waals surface area contributed by atoms with Crippen molar-refractivity contribution >= 4 is 11.9 Å². The molecule has 2 saturated heterocycles. The molecule has 0 radical (unpaired) electrons. The number of nitrogens with one attached hydrogen (secondary N) is 1. The predicted octanol–water partition coefficient (Wildman–Crippen LogP) is 3.07. The first-order valence-corrected chi connectivity index (χ1v) is 8.91. The molecule has 5 nitrogen and oxygen atoms in total. The van der Waals surface area contributed by atoms with Crippen molar-refractivity contribution in [2.45, 2.75) is 70.6 Å². The third-order valence-corrected chi connectivity index (χ3v) is 5.99. The Labute approximate surface area is 150 Å². The standard InChI is InChI=1S/C20H29N3O2/c1-14-7-9-15(10-8-14)11-23-16(24)20(21-17(23)25)12-18(2,3)22(6)19(4,5)13-20/h7-10H,11-13H2,1-6H3,(H,21,25). The molecule has 0 unspecified atom stereocenters. The summed E-state index contributed by atoms with van der Waals surface area (Å²) < 4.78 is 0. The molecular formula is C20H29N3O2. The van der Waals surface area contributed by atoms with Crippen molar-refractivity contribution in [2.75, 3.05) is 7.05 Å². The second-order valence-electron chi connectivity index (χ2n) is 8.93. The molecule has 0 bridgehead atoms. The minimum absolute atomic E-state index is 0.0904. The number of piperidine rings is 1. The van der Waals surface area contributed by atoms with Gasteiger partial charge < -0.3 is 5.32 Å². The number of carbonyl (C=O) groups is 2. The maximum Gasteiger partial charge on any atom is 0.325 e. The van der Waals surface area contributed by atoms with Crippen molar-refractivity contribution in [1.29, 1.82) is 0 Å². The van der Waals surface area contributed by atoms with Gasteiger partial charge >= 0.3 is 6.03 Å². The van der Waals surface area contributed by atoms with Crippen molar-refractivity contribution in [3.05, 3.63) is 35.4 Å². The van der Waals surface area contributed by atoms with Crippen LogP contribution in [-0.4, -0.2) is 45.4 Å². The van der Waals surface area contributed by atoms with Gasteiger partial charge in [0.05, 0.1) is 6.54 Å². The molecule has 1 N–H and O–H groups in total. The summed E-state index contributed by atoms with van der Waals surface area (Å²) in [5.74, 6) is -0.0904. The summed E-state index contributed by atoms with van der Waals surface area (Å²) >= 11 is 0. The fraction of sp³-hybridized carbons (Fsp3) is 0.600. The number of aryl methyl sites for hydroxylation is 1. The molecule has 1 spiro atoms. The summed E-state index contributed by atoms with van der Waals surface area (Å²) in [6, 6.07) is 7.69. The maximum absolute atomic E-state index is 13.3. The second-order valence-corrected chi connectivity index (χ2v) is 8.93. The summed E-state index contributed by atoms with van der Waals surface area (Å²) in [6.07, 6.45) is 1.24. The minimum atomic E-state index is -0.804. The van der Waals surface area contributed by atoms with Gasteiger partial charge in [-0.25, -0.2) is 4.79 Å². The Morgan fingerprint density at radius 1 is 1.00 bits per heavy atom. The number of amides is 3. The molecule has 2 aliphatic rings. The molecule has 0 aromatic heterocycles. The summed E-state index contributed by atoms with van der Waals surface area (Å²) in [5, 5.41) is 3.04. The van der Waals surface area contributed by atoms with Crippen LogP contribution in [0.5, 0.6) is 0 Å². The topological polar surface area (TPSA) is 52.7 Å². The molecule has 1 aromatic rings. The van der Waals surface area contributed by atoms with Crippen LogP contribution in [0, 0.1) is 6.92 Å². The number of carbonyl (C=O) groups excluding carboxylic acids is 2. The molecule has 25 heavy (non-hydrogen) atoms. The summed E-state index contributed by atoms with van der Waals surface area (Å²) in [7, 11) is 2.10. The molecule has 2 fully saturated rings. The Hall–Kier alpha value is -1.88. The van der Waals surface area contributed by atoms with E-state index < -0.39 is 5.54 Å². The minimum Gasteiger partial charge on any atom is -0.323 e. The summed E-state index contributed by atoms with van der Waals surface area (Å²) in [4.78, 5) is 29.6. The van der Waals surface area contributed by atoms with Crippen LogP contribution in [-0.2, 0) is 11.3 Å². The maximum atomic E-state index is 13.3. The van der Waals surface area contributed by atoms with E-state index >= 15 is 0 Å². The molecule has 3 amide bonds. The van der Waals surface area contributed by atoms with Crippen LogP contribution in [0.4, 0.5) is 4.79 Å². The van der Waals surface area contributed by atoms with E-state index in [9.17, 15) is 9.59 Å². The van der Waals surface area contributed by atoms with Crippen LogP contribution >= 0.6 is 0 Å². The van der Waals surface area contributed by atoms with Gasteiger partial charge in [0.25, 0.3) is 5.91 Å². The third-order valence-electron chi connectivity index (χ3n) is 5.99. The monoisotopic (exact) mass is 343 g/mol. The third kappa shape index (κ3) is 2.95. The van der Waals surface area contributed by atoms with Crippen molar-refractivity contribution in [3.8, 4) is 0 Å². The molecule has 2 heterocycles. The Morgan fingerprint density at radius 2 is 1.52 bits per heavy atom. The molecule has 0 saturated carbocycles. The molecule has 136 valence electrons. The normalized spacial score (nSPS) is 24.6. The molecule has 2 aliphatic heterocycles. The van der Waals surface area contributed by atoms with Crippen molar-refractivity contribution in [3.63, 3.8) is 0 Å². The van der Waals surface area contributed by atoms with Gasteiger partial charge in [0.1, 0.15) is 5.54 Å². The number of benzene rings is 1. The first kappa shape index (κ1) is 17.9. The average molecular weight is 343 g/mol.